The number of nitrogens with two attached hydrogens (primary N) is 1. The Bertz CT molecular complexity index is 847. The van der Waals surface area contributed by atoms with Crippen LogP contribution in [0, 0.1) is 5.41 Å². The van der Waals surface area contributed by atoms with E-state index in [-0.39, 0.29) is 34.4 Å². The van der Waals surface area contributed by atoms with Gasteiger partial charge >= 0.3 is 0 Å². The third-order valence-corrected chi connectivity index (χ3v) is 5.57. The Labute approximate surface area is 161 Å². The summed E-state index contributed by atoms with van der Waals surface area (Å²) in [4.78, 5) is 12.5. The first-order chi connectivity index (χ1) is 11.6. The first-order valence-corrected chi connectivity index (χ1v) is 9.68. The fourth-order valence-corrected chi connectivity index (χ4v) is 3.64. The van der Waals surface area contributed by atoms with Crippen LogP contribution in [0.3, 0.4) is 0 Å². The van der Waals surface area contributed by atoms with Crippen LogP contribution in [0.5, 0.6) is 0 Å². The Morgan fingerprint density at radius 1 is 1.08 bits per heavy atom. The molecule has 0 spiro atoms. The minimum atomic E-state index is -3.44. The number of amides is 1. The van der Waals surface area contributed by atoms with Crippen molar-refractivity contribution >= 4 is 33.8 Å². The maximum atomic E-state index is 12.5. The van der Waals surface area contributed by atoms with Crippen molar-refractivity contribution in [3.63, 3.8) is 0 Å². The fraction of sp³-hybridized carbons (Fsp3) is 0.316. The Kier molecular flexibility index (Phi) is 7.38. The fourth-order valence-electron chi connectivity index (χ4n) is 2.28. The Balaban J connectivity index is 0.00000338. The van der Waals surface area contributed by atoms with Gasteiger partial charge in [0, 0.05) is 5.69 Å². The predicted molar refractivity (Wildman–Crippen MR) is 107 cm³/mol. The van der Waals surface area contributed by atoms with E-state index in [1.165, 1.54) is 0 Å². The molecule has 0 saturated carbocycles. The highest BCUT2D eigenvalue weighted by molar-refractivity contribution is 7.90. The number of benzene rings is 2. The van der Waals surface area contributed by atoms with E-state index in [0.29, 0.717) is 11.3 Å². The summed E-state index contributed by atoms with van der Waals surface area (Å²) >= 11 is 0. The molecule has 5 nitrogen and oxygen atoms in total. The average molecular weight is 397 g/mol. The highest BCUT2D eigenvalue weighted by Crippen LogP contribution is 2.21. The van der Waals surface area contributed by atoms with E-state index in [9.17, 15) is 13.2 Å². The van der Waals surface area contributed by atoms with Gasteiger partial charge in [-0.1, -0.05) is 51.1 Å². The van der Waals surface area contributed by atoms with Crippen molar-refractivity contribution in [3.8, 4) is 0 Å². The zero-order chi connectivity index (χ0) is 18.7. The summed E-state index contributed by atoms with van der Waals surface area (Å²) in [6.45, 7) is 5.67. The lowest BCUT2D eigenvalue weighted by Crippen LogP contribution is -2.45. The lowest BCUT2D eigenvalue weighted by molar-refractivity contribution is -0.119. The van der Waals surface area contributed by atoms with E-state index in [2.05, 4.69) is 5.32 Å². The predicted octanol–water partition coefficient (Wildman–Crippen LogP) is 3.39. The van der Waals surface area contributed by atoms with Crippen molar-refractivity contribution < 1.29 is 13.2 Å². The minimum Gasteiger partial charge on any atom is -0.325 e. The zero-order valence-corrected chi connectivity index (χ0v) is 16.7. The molecule has 0 fully saturated rings. The molecule has 2 aromatic carbocycles. The van der Waals surface area contributed by atoms with Crippen LogP contribution >= 0.6 is 12.4 Å². The number of hydrogen-bond acceptors (Lipinski definition) is 4. The summed E-state index contributed by atoms with van der Waals surface area (Å²) in [5.74, 6) is -0.429. The summed E-state index contributed by atoms with van der Waals surface area (Å²) in [7, 11) is -3.44. The van der Waals surface area contributed by atoms with E-state index in [0.717, 1.165) is 0 Å². The summed E-state index contributed by atoms with van der Waals surface area (Å²) < 4.78 is 24.9. The molecule has 0 radical (unpaired) electrons. The molecule has 0 aliphatic carbocycles. The van der Waals surface area contributed by atoms with Crippen LogP contribution < -0.4 is 11.1 Å². The maximum Gasteiger partial charge on any atom is 0.241 e. The smallest absolute Gasteiger partial charge is 0.241 e. The normalized spacial score (nSPS) is 12.8. The zero-order valence-electron chi connectivity index (χ0n) is 15.1. The average Bonchev–Trinajstić information content (AvgIpc) is 2.54. The first-order valence-electron chi connectivity index (χ1n) is 8.03. The van der Waals surface area contributed by atoms with Crippen LogP contribution in [-0.2, 0) is 20.4 Å². The molecule has 0 saturated heterocycles. The van der Waals surface area contributed by atoms with Crippen LogP contribution in [0.4, 0.5) is 5.69 Å². The van der Waals surface area contributed by atoms with Gasteiger partial charge in [-0.05, 0) is 35.2 Å². The number of anilines is 1. The highest BCUT2D eigenvalue weighted by Gasteiger charge is 2.27. The molecular weight excluding hydrogens is 372 g/mol. The van der Waals surface area contributed by atoms with E-state index >= 15 is 0 Å². The summed E-state index contributed by atoms with van der Waals surface area (Å²) in [6, 6.07) is 14.5. The van der Waals surface area contributed by atoms with E-state index in [1.54, 1.807) is 54.6 Å². The molecular formula is C19H25ClN2O3S. The Morgan fingerprint density at radius 2 is 1.69 bits per heavy atom. The van der Waals surface area contributed by atoms with Gasteiger partial charge in [-0.2, -0.15) is 0 Å². The van der Waals surface area contributed by atoms with Crippen LogP contribution in [0.15, 0.2) is 59.5 Å². The Morgan fingerprint density at radius 3 is 2.27 bits per heavy atom. The van der Waals surface area contributed by atoms with Gasteiger partial charge in [-0.25, -0.2) is 8.42 Å². The second-order valence-electron chi connectivity index (χ2n) is 7.11. The highest BCUT2D eigenvalue weighted by atomic mass is 35.5. The van der Waals surface area contributed by atoms with Gasteiger partial charge in [0.1, 0.15) is 0 Å². The molecule has 0 unspecified atom stereocenters. The quantitative estimate of drug-likeness (QED) is 0.810. The molecule has 2 rings (SSSR count). The van der Waals surface area contributed by atoms with Crippen LogP contribution in [0.25, 0.3) is 0 Å². The molecule has 142 valence electrons. The molecule has 0 aliphatic rings. The molecule has 1 amide bonds. The van der Waals surface area contributed by atoms with E-state index < -0.39 is 15.9 Å². The second kappa shape index (κ2) is 8.66. The lowest BCUT2D eigenvalue weighted by Gasteiger charge is -2.25. The topological polar surface area (TPSA) is 89.3 Å². The number of carbonyl (C=O) groups is 1. The van der Waals surface area contributed by atoms with E-state index in [1.807, 2.05) is 20.8 Å². The van der Waals surface area contributed by atoms with Crippen LogP contribution in [0.2, 0.25) is 0 Å². The number of carbonyl (C=O) groups excluding carboxylic acids is 1. The van der Waals surface area contributed by atoms with Gasteiger partial charge in [0.2, 0.25) is 5.91 Å². The molecule has 3 N–H and O–H groups in total. The van der Waals surface area contributed by atoms with Crippen molar-refractivity contribution in [1.82, 2.24) is 0 Å². The second-order valence-corrected chi connectivity index (χ2v) is 9.10. The van der Waals surface area contributed by atoms with Gasteiger partial charge < -0.3 is 11.1 Å². The van der Waals surface area contributed by atoms with Gasteiger partial charge in [-0.3, -0.25) is 4.79 Å². The van der Waals surface area contributed by atoms with Gasteiger partial charge in [0.15, 0.2) is 9.84 Å². The van der Waals surface area contributed by atoms with Crippen molar-refractivity contribution in [3.05, 3.63) is 60.2 Å². The molecule has 0 aliphatic heterocycles. The van der Waals surface area contributed by atoms with Gasteiger partial charge in [-0.15, -0.1) is 12.4 Å². The molecule has 7 heteroatoms. The summed E-state index contributed by atoms with van der Waals surface area (Å²) in [5, 5.41) is 2.76. The van der Waals surface area contributed by atoms with Crippen molar-refractivity contribution in [1.29, 1.82) is 0 Å². The van der Waals surface area contributed by atoms with Crippen molar-refractivity contribution in [2.24, 2.45) is 11.1 Å². The Hall–Kier alpha value is -1.89. The number of nitrogens with one attached hydrogen (secondary N) is 1. The number of halogens is 1. The minimum absolute atomic E-state index is 0. The molecule has 26 heavy (non-hydrogen) atoms. The van der Waals surface area contributed by atoms with Crippen molar-refractivity contribution in [2.75, 3.05) is 5.32 Å². The maximum absolute atomic E-state index is 12.5. The summed E-state index contributed by atoms with van der Waals surface area (Å²) in [5.41, 5.74) is 6.72. The van der Waals surface area contributed by atoms with Gasteiger partial charge in [0.25, 0.3) is 0 Å². The van der Waals surface area contributed by atoms with Crippen molar-refractivity contribution in [2.45, 2.75) is 37.5 Å². The molecule has 2 aromatic rings. The summed E-state index contributed by atoms with van der Waals surface area (Å²) in [6.07, 6.45) is 0. The number of rotatable bonds is 5. The number of hydrogen-bond donors (Lipinski definition) is 2. The monoisotopic (exact) mass is 396 g/mol. The standard InChI is InChI=1S/C19H24N2O3S.ClH/c1-19(2,3)17(20)18(22)21-15-9-7-8-14(12-15)13-25(23,24)16-10-5-4-6-11-16;/h4-12,17H,13,20H2,1-3H3,(H,21,22);1H/t17-;/m1./s1. The van der Waals surface area contributed by atoms with E-state index in [4.69, 9.17) is 5.73 Å². The molecule has 0 heterocycles. The lowest BCUT2D eigenvalue weighted by atomic mass is 9.87. The van der Waals surface area contributed by atoms with Crippen LogP contribution in [-0.4, -0.2) is 20.4 Å². The number of sulfone groups is 1. The molecule has 1 atom stereocenters. The largest absolute Gasteiger partial charge is 0.325 e. The molecule has 0 aromatic heterocycles. The third-order valence-electron chi connectivity index (χ3n) is 3.87. The van der Waals surface area contributed by atoms with Gasteiger partial charge in [0.05, 0.1) is 16.7 Å². The first kappa shape index (κ1) is 22.2. The van der Waals surface area contributed by atoms with Crippen LogP contribution in [0.1, 0.15) is 26.3 Å². The molecule has 0 bridgehead atoms. The third kappa shape index (κ3) is 5.83. The SMILES string of the molecule is CC(C)(C)[C@H](N)C(=O)Nc1cccc(CS(=O)(=O)c2ccccc2)c1.Cl.